The van der Waals surface area contributed by atoms with Crippen molar-refractivity contribution in [3.05, 3.63) is 90.0 Å². The highest BCUT2D eigenvalue weighted by molar-refractivity contribution is 7.92. The van der Waals surface area contributed by atoms with Crippen molar-refractivity contribution in [2.24, 2.45) is 5.10 Å². The summed E-state index contributed by atoms with van der Waals surface area (Å²) < 4.78 is 32.3. The van der Waals surface area contributed by atoms with E-state index in [0.717, 1.165) is 5.56 Å². The number of ether oxygens (including phenoxy) is 1. The predicted molar refractivity (Wildman–Crippen MR) is 112 cm³/mol. The molecule has 3 aromatic rings. The minimum Gasteiger partial charge on any atom is -0.497 e. The van der Waals surface area contributed by atoms with Crippen LogP contribution < -0.4 is 14.9 Å². The molecule has 0 aliphatic carbocycles. The Morgan fingerprint density at radius 1 is 0.966 bits per heavy atom. The summed E-state index contributed by atoms with van der Waals surface area (Å²) >= 11 is 0. The molecule has 0 unspecified atom stereocenters. The number of carbonyl (C=O) groups excluding carboxylic acids is 1. The van der Waals surface area contributed by atoms with Gasteiger partial charge in [-0.15, -0.1) is 0 Å². The SMILES string of the molecule is COc1cccc(/C=N\NC(=O)c2ccc(NS(=O)(=O)c3ccccc3)cc2)c1. The molecular weight excluding hydrogens is 390 g/mol. The van der Waals surface area contributed by atoms with E-state index in [0.29, 0.717) is 17.0 Å². The molecule has 7 nitrogen and oxygen atoms in total. The van der Waals surface area contributed by atoms with Crippen LogP contribution in [-0.4, -0.2) is 27.6 Å². The highest BCUT2D eigenvalue weighted by Gasteiger charge is 2.13. The van der Waals surface area contributed by atoms with Crippen molar-refractivity contribution in [2.45, 2.75) is 4.90 Å². The van der Waals surface area contributed by atoms with E-state index in [1.165, 1.54) is 42.6 Å². The fourth-order valence-electron chi connectivity index (χ4n) is 2.46. The van der Waals surface area contributed by atoms with Crippen LogP contribution in [0.3, 0.4) is 0 Å². The van der Waals surface area contributed by atoms with Crippen LogP contribution in [0.25, 0.3) is 0 Å². The lowest BCUT2D eigenvalue weighted by Crippen LogP contribution is -2.18. The van der Waals surface area contributed by atoms with Crippen LogP contribution in [-0.2, 0) is 10.0 Å². The molecule has 0 aliphatic heterocycles. The van der Waals surface area contributed by atoms with Crippen molar-refractivity contribution in [2.75, 3.05) is 11.8 Å². The van der Waals surface area contributed by atoms with Gasteiger partial charge in [0.1, 0.15) is 5.75 Å². The standard InChI is InChI=1S/C21H19N3O4S/c1-28-19-7-5-6-16(14-19)15-22-23-21(25)17-10-12-18(13-11-17)24-29(26,27)20-8-3-2-4-9-20/h2-15,24H,1H3,(H,23,25)/b22-15-. The fourth-order valence-corrected chi connectivity index (χ4v) is 3.53. The van der Waals surface area contributed by atoms with Crippen LogP contribution in [0.1, 0.15) is 15.9 Å². The van der Waals surface area contributed by atoms with Crippen molar-refractivity contribution in [3.8, 4) is 5.75 Å². The van der Waals surface area contributed by atoms with Gasteiger partial charge in [-0.05, 0) is 54.1 Å². The van der Waals surface area contributed by atoms with Crippen LogP contribution in [0, 0.1) is 0 Å². The molecule has 0 aromatic heterocycles. The normalized spacial score (nSPS) is 11.2. The third-order valence-electron chi connectivity index (χ3n) is 3.93. The van der Waals surface area contributed by atoms with Gasteiger partial charge >= 0.3 is 0 Å². The van der Waals surface area contributed by atoms with Gasteiger partial charge in [-0.25, -0.2) is 13.8 Å². The minimum atomic E-state index is -3.68. The van der Waals surface area contributed by atoms with E-state index >= 15 is 0 Å². The molecule has 0 bridgehead atoms. The molecule has 0 saturated carbocycles. The monoisotopic (exact) mass is 409 g/mol. The first kappa shape index (κ1) is 20.1. The number of hydrogen-bond donors (Lipinski definition) is 2. The first-order valence-corrected chi connectivity index (χ1v) is 10.1. The van der Waals surface area contributed by atoms with Crippen LogP contribution in [0.15, 0.2) is 88.9 Å². The van der Waals surface area contributed by atoms with Gasteiger partial charge < -0.3 is 4.74 Å². The first-order valence-electron chi connectivity index (χ1n) is 8.63. The van der Waals surface area contributed by atoms with E-state index < -0.39 is 15.9 Å². The number of hydrazone groups is 1. The second-order valence-corrected chi connectivity index (χ2v) is 7.65. The summed E-state index contributed by atoms with van der Waals surface area (Å²) in [5.41, 5.74) is 3.90. The Labute approximate surface area is 169 Å². The van der Waals surface area contributed by atoms with Crippen LogP contribution in [0.5, 0.6) is 5.75 Å². The highest BCUT2D eigenvalue weighted by atomic mass is 32.2. The van der Waals surface area contributed by atoms with Gasteiger partial charge in [0, 0.05) is 11.3 Å². The Hall–Kier alpha value is -3.65. The Morgan fingerprint density at radius 3 is 2.38 bits per heavy atom. The number of benzene rings is 3. The summed E-state index contributed by atoms with van der Waals surface area (Å²) in [7, 11) is -2.11. The second-order valence-electron chi connectivity index (χ2n) is 5.97. The van der Waals surface area contributed by atoms with Gasteiger partial charge in [-0.2, -0.15) is 5.10 Å². The number of nitrogens with one attached hydrogen (secondary N) is 2. The topological polar surface area (TPSA) is 96.9 Å². The molecule has 3 rings (SSSR count). The molecule has 8 heteroatoms. The van der Waals surface area contributed by atoms with E-state index in [1.54, 1.807) is 31.4 Å². The zero-order valence-electron chi connectivity index (χ0n) is 15.6. The van der Waals surface area contributed by atoms with Crippen molar-refractivity contribution in [1.82, 2.24) is 5.43 Å². The van der Waals surface area contributed by atoms with Gasteiger partial charge in [-0.3, -0.25) is 9.52 Å². The predicted octanol–water partition coefficient (Wildman–Crippen LogP) is 3.26. The molecule has 0 radical (unpaired) electrons. The van der Waals surface area contributed by atoms with Gasteiger partial charge in [-0.1, -0.05) is 30.3 Å². The van der Waals surface area contributed by atoms with E-state index in [4.69, 9.17) is 4.74 Å². The highest BCUT2D eigenvalue weighted by Crippen LogP contribution is 2.16. The molecule has 148 valence electrons. The zero-order chi connectivity index (χ0) is 20.7. The van der Waals surface area contributed by atoms with Gasteiger partial charge in [0.05, 0.1) is 18.2 Å². The number of rotatable bonds is 7. The van der Waals surface area contributed by atoms with Crippen molar-refractivity contribution in [3.63, 3.8) is 0 Å². The molecule has 0 aliphatic rings. The van der Waals surface area contributed by atoms with Crippen molar-refractivity contribution in [1.29, 1.82) is 0 Å². The molecule has 1 amide bonds. The Balaban J connectivity index is 1.62. The van der Waals surface area contributed by atoms with Crippen LogP contribution >= 0.6 is 0 Å². The number of nitrogens with zero attached hydrogens (tertiary/aromatic N) is 1. The number of hydrogen-bond acceptors (Lipinski definition) is 5. The summed E-state index contributed by atoms with van der Waals surface area (Å²) in [5.74, 6) is 0.274. The fraction of sp³-hybridized carbons (Fsp3) is 0.0476. The van der Waals surface area contributed by atoms with Gasteiger partial charge in [0.2, 0.25) is 0 Å². The second kappa shape index (κ2) is 9.03. The minimum absolute atomic E-state index is 0.161. The maximum Gasteiger partial charge on any atom is 0.271 e. The van der Waals surface area contributed by atoms with Gasteiger partial charge in [0.15, 0.2) is 0 Å². The average Bonchev–Trinajstić information content (AvgIpc) is 2.75. The molecule has 3 aromatic carbocycles. The third kappa shape index (κ3) is 5.43. The Kier molecular flexibility index (Phi) is 6.25. The van der Waals surface area contributed by atoms with Crippen molar-refractivity contribution >= 4 is 27.8 Å². The van der Waals surface area contributed by atoms with E-state index in [1.807, 2.05) is 18.2 Å². The Bertz CT molecular complexity index is 1110. The van der Waals surface area contributed by atoms with Crippen molar-refractivity contribution < 1.29 is 17.9 Å². The third-order valence-corrected chi connectivity index (χ3v) is 5.32. The molecule has 29 heavy (non-hydrogen) atoms. The summed E-state index contributed by atoms with van der Waals surface area (Å²) in [6.45, 7) is 0. The smallest absolute Gasteiger partial charge is 0.271 e. The number of carbonyl (C=O) groups is 1. The van der Waals surface area contributed by atoms with Crippen LogP contribution in [0.2, 0.25) is 0 Å². The zero-order valence-corrected chi connectivity index (χ0v) is 16.4. The summed E-state index contributed by atoms with van der Waals surface area (Å²) in [5, 5.41) is 3.92. The lowest BCUT2D eigenvalue weighted by atomic mass is 10.2. The molecule has 2 N–H and O–H groups in total. The molecule has 0 fully saturated rings. The first-order chi connectivity index (χ1) is 14.0. The largest absolute Gasteiger partial charge is 0.497 e. The molecular formula is C21H19N3O4S. The van der Waals surface area contributed by atoms with E-state index in [-0.39, 0.29) is 4.90 Å². The number of anilines is 1. The average molecular weight is 409 g/mol. The van der Waals surface area contributed by atoms with Crippen LogP contribution in [0.4, 0.5) is 5.69 Å². The summed E-state index contributed by atoms with van der Waals surface area (Å²) in [6, 6.07) is 21.3. The van der Waals surface area contributed by atoms with E-state index in [2.05, 4.69) is 15.2 Å². The maximum atomic E-state index is 12.3. The molecule has 0 spiro atoms. The molecule has 0 atom stereocenters. The Morgan fingerprint density at radius 2 is 1.69 bits per heavy atom. The maximum absolute atomic E-state index is 12.3. The number of amides is 1. The lowest BCUT2D eigenvalue weighted by molar-refractivity contribution is 0.0955. The molecule has 0 heterocycles. The van der Waals surface area contributed by atoms with E-state index in [9.17, 15) is 13.2 Å². The molecule has 0 saturated heterocycles. The van der Waals surface area contributed by atoms with Gasteiger partial charge in [0.25, 0.3) is 15.9 Å². The number of sulfonamides is 1. The quantitative estimate of drug-likeness (QED) is 0.462. The summed E-state index contributed by atoms with van der Waals surface area (Å²) in [6.07, 6.45) is 1.50. The number of methoxy groups -OCH3 is 1. The summed E-state index contributed by atoms with van der Waals surface area (Å²) in [4.78, 5) is 12.3. The lowest BCUT2D eigenvalue weighted by Gasteiger charge is -2.08.